The molecule has 0 aromatic heterocycles. The third-order valence-corrected chi connectivity index (χ3v) is 2.05. The lowest BCUT2D eigenvalue weighted by atomic mass is 10.2. The molecule has 0 aliphatic carbocycles. The summed E-state index contributed by atoms with van der Waals surface area (Å²) in [6, 6.07) is 2.88. The van der Waals surface area contributed by atoms with Crippen molar-refractivity contribution < 1.29 is 18.3 Å². The molecule has 0 aliphatic rings. The van der Waals surface area contributed by atoms with Crippen molar-refractivity contribution in [3.8, 4) is 0 Å². The Morgan fingerprint density at radius 3 is 2.47 bits per heavy atom. The average molecular weight is 243 g/mol. The molecule has 0 saturated heterocycles. The molecule has 0 aliphatic heterocycles. The maximum atomic E-state index is 12.9. The number of nitrogens with one attached hydrogen (secondary N) is 1. The number of carbonyl (C=O) groups excluding carboxylic acids is 1. The molecule has 0 spiro atoms. The second kappa shape index (κ2) is 6.18. The van der Waals surface area contributed by atoms with Gasteiger partial charge in [0, 0.05) is 17.8 Å². The van der Waals surface area contributed by atoms with Crippen LogP contribution in [-0.4, -0.2) is 18.6 Å². The largest absolute Gasteiger partial charge is 0.466 e. The molecule has 0 radical (unpaired) electrons. The molecular weight excluding hydrogens is 228 g/mol. The summed E-state index contributed by atoms with van der Waals surface area (Å²) < 4.78 is 30.6. The molecule has 1 aromatic rings. The SMILES string of the molecule is CCOC(=O)CC(C)Nc1cc(F)cc(F)c1. The van der Waals surface area contributed by atoms with E-state index in [1.54, 1.807) is 13.8 Å². The van der Waals surface area contributed by atoms with Gasteiger partial charge in [-0.25, -0.2) is 8.78 Å². The molecule has 1 aromatic carbocycles. The fourth-order valence-electron chi connectivity index (χ4n) is 1.44. The van der Waals surface area contributed by atoms with Gasteiger partial charge in [-0.2, -0.15) is 0 Å². The summed E-state index contributed by atoms with van der Waals surface area (Å²) in [6.07, 6.45) is 0.145. The Morgan fingerprint density at radius 2 is 1.94 bits per heavy atom. The number of ether oxygens (including phenoxy) is 1. The second-order valence-corrected chi connectivity index (χ2v) is 3.71. The number of hydrogen-bond acceptors (Lipinski definition) is 3. The quantitative estimate of drug-likeness (QED) is 0.808. The lowest BCUT2D eigenvalue weighted by Gasteiger charge is -2.14. The van der Waals surface area contributed by atoms with Crippen LogP contribution in [0, 0.1) is 11.6 Å². The summed E-state index contributed by atoms with van der Waals surface area (Å²) in [6.45, 7) is 3.78. The van der Waals surface area contributed by atoms with E-state index < -0.39 is 11.6 Å². The number of hydrogen-bond donors (Lipinski definition) is 1. The highest BCUT2D eigenvalue weighted by atomic mass is 19.1. The van der Waals surface area contributed by atoms with E-state index in [1.807, 2.05) is 0 Å². The van der Waals surface area contributed by atoms with E-state index in [9.17, 15) is 13.6 Å². The Kier molecular flexibility index (Phi) is 4.87. The van der Waals surface area contributed by atoms with Crippen LogP contribution >= 0.6 is 0 Å². The van der Waals surface area contributed by atoms with Crippen molar-refractivity contribution >= 4 is 11.7 Å². The molecule has 5 heteroatoms. The predicted molar refractivity (Wildman–Crippen MR) is 60.7 cm³/mol. The van der Waals surface area contributed by atoms with Crippen LogP contribution in [-0.2, 0) is 9.53 Å². The van der Waals surface area contributed by atoms with Crippen LogP contribution in [0.25, 0.3) is 0 Å². The van der Waals surface area contributed by atoms with Crippen molar-refractivity contribution in [3.63, 3.8) is 0 Å². The third kappa shape index (κ3) is 4.80. The number of carbonyl (C=O) groups is 1. The first-order valence-corrected chi connectivity index (χ1v) is 5.39. The van der Waals surface area contributed by atoms with Gasteiger partial charge in [-0.3, -0.25) is 4.79 Å². The molecule has 0 bridgehead atoms. The third-order valence-electron chi connectivity index (χ3n) is 2.05. The Labute approximate surface area is 98.8 Å². The van der Waals surface area contributed by atoms with Crippen molar-refractivity contribution in [2.75, 3.05) is 11.9 Å². The molecule has 94 valence electrons. The number of halogens is 2. The lowest BCUT2D eigenvalue weighted by Crippen LogP contribution is -2.21. The van der Waals surface area contributed by atoms with Crippen molar-refractivity contribution in [2.24, 2.45) is 0 Å². The number of rotatable bonds is 5. The summed E-state index contributed by atoms with van der Waals surface area (Å²) in [5.74, 6) is -1.66. The highest BCUT2D eigenvalue weighted by Crippen LogP contribution is 2.14. The molecule has 0 amide bonds. The number of benzene rings is 1. The summed E-state index contributed by atoms with van der Waals surface area (Å²) >= 11 is 0. The predicted octanol–water partition coefficient (Wildman–Crippen LogP) is 2.72. The van der Waals surface area contributed by atoms with E-state index in [0.29, 0.717) is 12.3 Å². The average Bonchev–Trinajstić information content (AvgIpc) is 2.14. The summed E-state index contributed by atoms with van der Waals surface area (Å²) in [5, 5.41) is 2.83. The van der Waals surface area contributed by atoms with Crippen LogP contribution in [0.4, 0.5) is 14.5 Å². The van der Waals surface area contributed by atoms with Crippen LogP contribution in [0.1, 0.15) is 20.3 Å². The van der Waals surface area contributed by atoms with Gasteiger partial charge in [0.2, 0.25) is 0 Å². The zero-order valence-electron chi connectivity index (χ0n) is 9.80. The molecule has 0 fully saturated rings. The molecule has 17 heavy (non-hydrogen) atoms. The van der Waals surface area contributed by atoms with Crippen LogP contribution in [0.2, 0.25) is 0 Å². The highest BCUT2D eigenvalue weighted by molar-refractivity contribution is 5.70. The fraction of sp³-hybridized carbons (Fsp3) is 0.417. The Balaban J connectivity index is 2.55. The monoisotopic (exact) mass is 243 g/mol. The summed E-state index contributed by atoms with van der Waals surface area (Å²) in [4.78, 5) is 11.2. The first-order chi connectivity index (χ1) is 8.01. The van der Waals surface area contributed by atoms with E-state index >= 15 is 0 Å². The van der Waals surface area contributed by atoms with Gasteiger partial charge >= 0.3 is 5.97 Å². The zero-order chi connectivity index (χ0) is 12.8. The van der Waals surface area contributed by atoms with E-state index in [4.69, 9.17) is 4.74 Å². The van der Waals surface area contributed by atoms with Crippen molar-refractivity contribution in [3.05, 3.63) is 29.8 Å². The molecule has 3 nitrogen and oxygen atoms in total. The van der Waals surface area contributed by atoms with E-state index in [-0.39, 0.29) is 18.4 Å². The van der Waals surface area contributed by atoms with Crippen LogP contribution < -0.4 is 5.32 Å². The summed E-state index contributed by atoms with van der Waals surface area (Å²) in [5.41, 5.74) is 0.305. The van der Waals surface area contributed by atoms with Gasteiger partial charge in [0.05, 0.1) is 13.0 Å². The standard InChI is InChI=1S/C12H15F2NO2/c1-3-17-12(16)4-8(2)15-11-6-9(13)5-10(14)7-11/h5-8,15H,3-4H2,1-2H3. The second-order valence-electron chi connectivity index (χ2n) is 3.71. The lowest BCUT2D eigenvalue weighted by molar-refractivity contribution is -0.143. The van der Waals surface area contributed by atoms with Gasteiger partial charge in [-0.1, -0.05) is 0 Å². The molecule has 1 N–H and O–H groups in total. The van der Waals surface area contributed by atoms with Gasteiger partial charge in [-0.15, -0.1) is 0 Å². The van der Waals surface area contributed by atoms with Crippen molar-refractivity contribution in [1.82, 2.24) is 0 Å². The fourth-order valence-corrected chi connectivity index (χ4v) is 1.44. The Bertz CT molecular complexity index is 376. The topological polar surface area (TPSA) is 38.3 Å². The molecule has 0 saturated carbocycles. The van der Waals surface area contributed by atoms with Crippen molar-refractivity contribution in [2.45, 2.75) is 26.3 Å². The minimum Gasteiger partial charge on any atom is -0.466 e. The number of esters is 1. The van der Waals surface area contributed by atoms with Gasteiger partial charge in [0.25, 0.3) is 0 Å². The highest BCUT2D eigenvalue weighted by Gasteiger charge is 2.10. The normalized spacial score (nSPS) is 12.0. The van der Waals surface area contributed by atoms with Gasteiger partial charge in [-0.05, 0) is 26.0 Å². The van der Waals surface area contributed by atoms with Gasteiger partial charge < -0.3 is 10.1 Å². The number of anilines is 1. The first kappa shape index (κ1) is 13.4. The maximum Gasteiger partial charge on any atom is 0.307 e. The molecule has 0 heterocycles. The molecule has 1 atom stereocenters. The molecule has 1 rings (SSSR count). The van der Waals surface area contributed by atoms with Gasteiger partial charge in [0.15, 0.2) is 0 Å². The van der Waals surface area contributed by atoms with E-state index in [2.05, 4.69) is 5.32 Å². The Morgan fingerprint density at radius 1 is 1.35 bits per heavy atom. The molecule has 1 unspecified atom stereocenters. The summed E-state index contributed by atoms with van der Waals surface area (Å²) in [7, 11) is 0. The van der Waals surface area contributed by atoms with Crippen LogP contribution in [0.5, 0.6) is 0 Å². The minimum absolute atomic E-state index is 0.145. The molecular formula is C12H15F2NO2. The Hall–Kier alpha value is -1.65. The van der Waals surface area contributed by atoms with Crippen LogP contribution in [0.3, 0.4) is 0 Å². The first-order valence-electron chi connectivity index (χ1n) is 5.39. The van der Waals surface area contributed by atoms with E-state index in [1.165, 1.54) is 12.1 Å². The van der Waals surface area contributed by atoms with Crippen molar-refractivity contribution in [1.29, 1.82) is 0 Å². The minimum atomic E-state index is -0.657. The zero-order valence-corrected chi connectivity index (χ0v) is 9.80. The smallest absolute Gasteiger partial charge is 0.307 e. The van der Waals surface area contributed by atoms with Crippen LogP contribution in [0.15, 0.2) is 18.2 Å². The van der Waals surface area contributed by atoms with Gasteiger partial charge in [0.1, 0.15) is 11.6 Å². The maximum absolute atomic E-state index is 12.9. The van der Waals surface area contributed by atoms with E-state index in [0.717, 1.165) is 6.07 Å².